The largest absolute Gasteiger partial charge is 0.462 e. The Labute approximate surface area is 403 Å². The molecule has 6 heteroatoms. The van der Waals surface area contributed by atoms with Crippen molar-refractivity contribution in [2.45, 2.75) is 297 Å². The third-order valence-electron chi connectivity index (χ3n) is 12.3. The lowest BCUT2D eigenvalue weighted by Gasteiger charge is -2.18. The topological polar surface area (TPSA) is 78.9 Å². The first-order valence-electron chi connectivity index (χ1n) is 28.1. The van der Waals surface area contributed by atoms with E-state index in [4.69, 9.17) is 14.2 Å². The summed E-state index contributed by atoms with van der Waals surface area (Å²) in [6.45, 7) is 6.61. The maximum atomic E-state index is 12.8. The highest BCUT2D eigenvalue weighted by atomic mass is 16.6. The van der Waals surface area contributed by atoms with E-state index in [1.54, 1.807) is 0 Å². The van der Waals surface area contributed by atoms with Gasteiger partial charge in [0.1, 0.15) is 13.2 Å². The average molecular weight is 911 g/mol. The molecular weight excluding hydrogens is 805 g/mol. The van der Waals surface area contributed by atoms with E-state index in [-0.39, 0.29) is 31.1 Å². The van der Waals surface area contributed by atoms with Crippen LogP contribution in [-0.2, 0) is 28.6 Å². The molecule has 0 bridgehead atoms. The molecule has 0 aliphatic rings. The highest BCUT2D eigenvalue weighted by Crippen LogP contribution is 2.16. The fourth-order valence-electron chi connectivity index (χ4n) is 8.03. The molecule has 378 valence electrons. The summed E-state index contributed by atoms with van der Waals surface area (Å²) in [6.07, 6.45) is 65.2. The fourth-order valence-corrected chi connectivity index (χ4v) is 8.03. The molecule has 0 aromatic carbocycles. The smallest absolute Gasteiger partial charge is 0.306 e. The Bertz CT molecular complexity index is 1140. The van der Waals surface area contributed by atoms with Gasteiger partial charge in [0.15, 0.2) is 6.10 Å². The van der Waals surface area contributed by atoms with Crippen LogP contribution < -0.4 is 0 Å². The van der Waals surface area contributed by atoms with Gasteiger partial charge in [0.25, 0.3) is 0 Å². The van der Waals surface area contributed by atoms with E-state index in [9.17, 15) is 14.4 Å². The quantitative estimate of drug-likeness (QED) is 0.0262. The van der Waals surface area contributed by atoms with Crippen molar-refractivity contribution < 1.29 is 28.6 Å². The molecular formula is C59H106O6. The zero-order valence-corrected chi connectivity index (χ0v) is 43.3. The summed E-state index contributed by atoms with van der Waals surface area (Å²) in [7, 11) is 0. The molecule has 0 N–H and O–H groups in total. The van der Waals surface area contributed by atoms with Crippen LogP contribution in [0.25, 0.3) is 0 Å². The first-order chi connectivity index (χ1) is 32.0. The van der Waals surface area contributed by atoms with Crippen LogP contribution >= 0.6 is 0 Å². The Morgan fingerprint density at radius 2 is 0.554 bits per heavy atom. The average Bonchev–Trinajstić information content (AvgIpc) is 3.30. The van der Waals surface area contributed by atoms with Crippen LogP contribution in [0.2, 0.25) is 0 Å². The van der Waals surface area contributed by atoms with Crippen molar-refractivity contribution in [2.24, 2.45) is 0 Å². The van der Waals surface area contributed by atoms with Crippen molar-refractivity contribution in [2.75, 3.05) is 13.2 Å². The normalized spacial score (nSPS) is 12.4. The number of esters is 3. The summed E-state index contributed by atoms with van der Waals surface area (Å²) < 4.78 is 16.8. The molecule has 0 aromatic heterocycles. The van der Waals surface area contributed by atoms with Crippen LogP contribution in [0, 0.1) is 0 Å². The maximum absolute atomic E-state index is 12.8. The van der Waals surface area contributed by atoms with Crippen LogP contribution in [0.4, 0.5) is 0 Å². The second kappa shape index (κ2) is 54.0. The summed E-state index contributed by atoms with van der Waals surface area (Å²) in [5.74, 6) is -0.894. The van der Waals surface area contributed by atoms with Crippen molar-refractivity contribution in [3.63, 3.8) is 0 Å². The molecule has 0 aromatic rings. The molecule has 0 radical (unpaired) electrons. The molecule has 0 unspecified atom stereocenters. The van der Waals surface area contributed by atoms with E-state index in [0.717, 1.165) is 83.5 Å². The van der Waals surface area contributed by atoms with Gasteiger partial charge in [-0.05, 0) is 83.5 Å². The minimum absolute atomic E-state index is 0.0807. The molecule has 0 aliphatic carbocycles. The van der Waals surface area contributed by atoms with E-state index in [2.05, 4.69) is 69.4 Å². The molecule has 65 heavy (non-hydrogen) atoms. The van der Waals surface area contributed by atoms with Crippen LogP contribution in [-0.4, -0.2) is 37.2 Å². The Balaban J connectivity index is 4.41. The number of hydrogen-bond donors (Lipinski definition) is 0. The van der Waals surface area contributed by atoms with Gasteiger partial charge in [-0.25, -0.2) is 0 Å². The monoisotopic (exact) mass is 911 g/mol. The van der Waals surface area contributed by atoms with Gasteiger partial charge in [0.2, 0.25) is 0 Å². The summed E-state index contributed by atoms with van der Waals surface area (Å²) in [5.41, 5.74) is 0. The lowest BCUT2D eigenvalue weighted by Crippen LogP contribution is -2.30. The Kier molecular flexibility index (Phi) is 51.8. The number of rotatable bonds is 51. The highest BCUT2D eigenvalue weighted by Gasteiger charge is 2.19. The molecule has 0 amide bonds. The SMILES string of the molecule is CCCCC/C=C\C/C=C\C/C=C\CCCCCCC(=O)O[C@H](COC(=O)CCCCCCCCC/C=C\CCCCCC)COC(=O)CCCCCCCCCCCCCCCCC. The van der Waals surface area contributed by atoms with Crippen molar-refractivity contribution in [1.82, 2.24) is 0 Å². The van der Waals surface area contributed by atoms with Gasteiger partial charge < -0.3 is 14.2 Å². The molecule has 0 saturated carbocycles. The molecule has 0 aliphatic heterocycles. The van der Waals surface area contributed by atoms with E-state index in [1.165, 1.54) is 167 Å². The molecule has 0 spiro atoms. The van der Waals surface area contributed by atoms with Crippen LogP contribution in [0.1, 0.15) is 290 Å². The van der Waals surface area contributed by atoms with E-state index in [0.29, 0.717) is 19.3 Å². The maximum Gasteiger partial charge on any atom is 0.306 e. The van der Waals surface area contributed by atoms with Crippen molar-refractivity contribution in [1.29, 1.82) is 0 Å². The molecule has 0 rings (SSSR count). The first-order valence-corrected chi connectivity index (χ1v) is 28.1. The summed E-state index contributed by atoms with van der Waals surface area (Å²) in [4.78, 5) is 38.1. The molecule has 6 nitrogen and oxygen atoms in total. The predicted molar refractivity (Wildman–Crippen MR) is 279 cm³/mol. The molecule has 0 saturated heterocycles. The summed E-state index contributed by atoms with van der Waals surface area (Å²) >= 11 is 0. The third-order valence-corrected chi connectivity index (χ3v) is 12.3. The Morgan fingerprint density at radius 3 is 0.923 bits per heavy atom. The molecule has 0 fully saturated rings. The van der Waals surface area contributed by atoms with Crippen LogP contribution in [0.15, 0.2) is 48.6 Å². The minimum atomic E-state index is -0.784. The number of allylic oxidation sites excluding steroid dienone is 8. The predicted octanol–water partition coefficient (Wildman–Crippen LogP) is 18.7. The minimum Gasteiger partial charge on any atom is -0.462 e. The van der Waals surface area contributed by atoms with Gasteiger partial charge in [-0.1, -0.05) is 236 Å². The van der Waals surface area contributed by atoms with E-state index >= 15 is 0 Å². The van der Waals surface area contributed by atoms with Gasteiger partial charge in [0.05, 0.1) is 0 Å². The lowest BCUT2D eigenvalue weighted by molar-refractivity contribution is -0.167. The molecule has 0 heterocycles. The van der Waals surface area contributed by atoms with Gasteiger partial charge in [-0.15, -0.1) is 0 Å². The van der Waals surface area contributed by atoms with E-state index < -0.39 is 6.10 Å². The second-order valence-corrected chi connectivity index (χ2v) is 18.8. The standard InChI is InChI=1S/C59H106O6/c1-4-7-10-13-16-19-22-25-28-29-32-35-38-41-44-47-50-53-59(62)65-56(54-63-57(60)51-48-45-42-39-36-33-30-26-23-20-17-14-11-8-5-2)55-64-58(61)52-49-46-43-40-37-34-31-27-24-21-18-15-12-9-6-3/h16,19-20,23,25,28,32,35,56H,4-15,17-18,21-22,24,26-27,29-31,33-34,36-55H2,1-3H3/b19-16-,23-20-,28-25-,35-32-/t56-/m1/s1. The van der Waals surface area contributed by atoms with Gasteiger partial charge in [-0.2, -0.15) is 0 Å². The van der Waals surface area contributed by atoms with Crippen LogP contribution in [0.5, 0.6) is 0 Å². The van der Waals surface area contributed by atoms with Crippen molar-refractivity contribution in [3.8, 4) is 0 Å². The first kappa shape index (κ1) is 62.4. The Hall–Kier alpha value is -2.63. The summed E-state index contributed by atoms with van der Waals surface area (Å²) in [5, 5.41) is 0. The van der Waals surface area contributed by atoms with Gasteiger partial charge in [-0.3, -0.25) is 14.4 Å². The van der Waals surface area contributed by atoms with Crippen molar-refractivity contribution in [3.05, 3.63) is 48.6 Å². The fraction of sp³-hybridized carbons (Fsp3) is 0.814. The number of unbranched alkanes of at least 4 members (excludes halogenated alkanes) is 32. The Morgan fingerprint density at radius 1 is 0.308 bits per heavy atom. The van der Waals surface area contributed by atoms with Crippen LogP contribution in [0.3, 0.4) is 0 Å². The zero-order valence-electron chi connectivity index (χ0n) is 43.3. The van der Waals surface area contributed by atoms with Gasteiger partial charge in [0, 0.05) is 19.3 Å². The third kappa shape index (κ3) is 52.2. The van der Waals surface area contributed by atoms with Gasteiger partial charge >= 0.3 is 17.9 Å². The van der Waals surface area contributed by atoms with Crippen molar-refractivity contribution >= 4 is 17.9 Å². The van der Waals surface area contributed by atoms with E-state index in [1.807, 2.05) is 0 Å². The number of ether oxygens (including phenoxy) is 3. The number of hydrogen-bond acceptors (Lipinski definition) is 6. The zero-order chi connectivity index (χ0) is 47.2. The number of carbonyl (C=O) groups excluding carboxylic acids is 3. The number of carbonyl (C=O) groups is 3. The second-order valence-electron chi connectivity index (χ2n) is 18.8. The summed E-state index contributed by atoms with van der Waals surface area (Å²) in [6, 6.07) is 0. The molecule has 1 atom stereocenters. The lowest BCUT2D eigenvalue weighted by atomic mass is 10.0. The highest BCUT2D eigenvalue weighted by molar-refractivity contribution is 5.71.